The largest absolute Gasteiger partial charge is 0.321 e. The summed E-state index contributed by atoms with van der Waals surface area (Å²) < 4.78 is 0.809. The van der Waals surface area contributed by atoms with Gasteiger partial charge in [0.15, 0.2) is 5.17 Å². The topological polar surface area (TPSA) is 86.2 Å². The van der Waals surface area contributed by atoms with Gasteiger partial charge in [0.2, 0.25) is 0 Å². The number of hydrogen-bond acceptors (Lipinski definition) is 6. The number of anilines is 1. The van der Waals surface area contributed by atoms with Gasteiger partial charge in [0.1, 0.15) is 5.70 Å². The van der Waals surface area contributed by atoms with Crippen LogP contribution in [-0.2, 0) is 15.3 Å². The summed E-state index contributed by atoms with van der Waals surface area (Å²) in [6.07, 6.45) is 1.81. The number of carbonyl (C=O) groups is 2. The van der Waals surface area contributed by atoms with Crippen LogP contribution in [0.2, 0.25) is 0 Å². The lowest BCUT2D eigenvalue weighted by molar-refractivity contribution is -0.127. The third-order valence-corrected chi connectivity index (χ3v) is 5.77. The summed E-state index contributed by atoms with van der Waals surface area (Å²) in [4.78, 5) is 30.9. The van der Waals surface area contributed by atoms with Crippen LogP contribution in [0.3, 0.4) is 0 Å². The van der Waals surface area contributed by atoms with Crippen molar-refractivity contribution >= 4 is 56.1 Å². The van der Waals surface area contributed by atoms with Crippen molar-refractivity contribution in [2.24, 2.45) is 10.1 Å². The maximum absolute atomic E-state index is 13.2. The maximum atomic E-state index is 13.2. The number of benzene rings is 2. The Kier molecular flexibility index (Phi) is 3.47. The molecule has 2 aromatic rings. The van der Waals surface area contributed by atoms with Crippen molar-refractivity contribution < 1.29 is 9.59 Å². The Balaban J connectivity index is 1.93. The lowest BCUT2D eigenvalue weighted by Crippen LogP contribution is -2.59. The fourth-order valence-corrected chi connectivity index (χ4v) is 4.26. The number of halogens is 1. The first kappa shape index (κ1) is 16.5. The third-order valence-electron chi connectivity index (χ3n) is 4.70. The van der Waals surface area contributed by atoms with Crippen LogP contribution in [0.15, 0.2) is 57.0 Å². The van der Waals surface area contributed by atoms with Gasteiger partial charge >= 0.3 is 0 Å². The van der Waals surface area contributed by atoms with E-state index in [0.717, 1.165) is 4.47 Å². The Hall–Kier alpha value is -2.65. The van der Waals surface area contributed by atoms with Crippen LogP contribution in [0.5, 0.6) is 0 Å². The molecule has 3 aliphatic heterocycles. The van der Waals surface area contributed by atoms with Crippen molar-refractivity contribution in [3.63, 3.8) is 0 Å². The average Bonchev–Trinajstić information content (AvgIpc) is 2.93. The van der Waals surface area contributed by atoms with Crippen LogP contribution in [0.4, 0.5) is 5.69 Å². The number of amidine groups is 1. The Bertz CT molecular complexity index is 1190. The maximum Gasteiger partial charge on any atom is 0.279 e. The molecule has 0 fully saturated rings. The van der Waals surface area contributed by atoms with Crippen LogP contribution in [0, 0.1) is 0 Å². The highest BCUT2D eigenvalue weighted by molar-refractivity contribution is 9.10. The molecule has 2 aromatic carbocycles. The molecule has 9 heteroatoms. The van der Waals surface area contributed by atoms with Gasteiger partial charge in [-0.1, -0.05) is 45.9 Å². The predicted molar refractivity (Wildman–Crippen MR) is 106 cm³/mol. The summed E-state index contributed by atoms with van der Waals surface area (Å²) in [5.74, 6) is -0.658. The van der Waals surface area contributed by atoms with E-state index in [9.17, 15) is 9.59 Å². The number of amides is 2. The van der Waals surface area contributed by atoms with Gasteiger partial charge in [-0.3, -0.25) is 14.9 Å². The first-order valence-corrected chi connectivity index (χ1v) is 10.1. The molecule has 0 aliphatic carbocycles. The molecule has 0 saturated carbocycles. The van der Waals surface area contributed by atoms with Crippen molar-refractivity contribution in [2.75, 3.05) is 11.6 Å². The van der Waals surface area contributed by atoms with E-state index in [1.165, 1.54) is 16.8 Å². The molecule has 27 heavy (non-hydrogen) atoms. The fourth-order valence-electron chi connectivity index (χ4n) is 3.54. The summed E-state index contributed by atoms with van der Waals surface area (Å²) in [5.41, 5.74) is 0.133. The van der Waals surface area contributed by atoms with Crippen molar-refractivity contribution in [3.8, 4) is 0 Å². The van der Waals surface area contributed by atoms with Gasteiger partial charge in [-0.2, -0.15) is 0 Å². The molecule has 0 aromatic heterocycles. The van der Waals surface area contributed by atoms with E-state index in [1.807, 2.05) is 42.7 Å². The Morgan fingerprint density at radius 3 is 2.78 bits per heavy atom. The normalized spacial score (nSPS) is 22.4. The third kappa shape index (κ3) is 2.15. The van der Waals surface area contributed by atoms with Crippen LogP contribution in [0.1, 0.15) is 5.56 Å². The van der Waals surface area contributed by atoms with E-state index in [2.05, 4.69) is 31.7 Å². The molecule has 0 saturated heterocycles. The van der Waals surface area contributed by atoms with Crippen LogP contribution in [-0.4, -0.2) is 28.2 Å². The van der Waals surface area contributed by atoms with Gasteiger partial charge in [-0.15, -0.1) is 5.10 Å². The molecule has 3 aliphatic rings. The molecule has 0 radical (unpaired) electrons. The summed E-state index contributed by atoms with van der Waals surface area (Å²) in [5, 5.41) is 13.3. The van der Waals surface area contributed by atoms with Gasteiger partial charge in [-0.25, -0.2) is 10.0 Å². The zero-order chi connectivity index (χ0) is 18.8. The zero-order valence-corrected chi connectivity index (χ0v) is 16.4. The van der Waals surface area contributed by atoms with Gasteiger partial charge < -0.3 is 5.32 Å². The smallest absolute Gasteiger partial charge is 0.279 e. The van der Waals surface area contributed by atoms with E-state index in [1.54, 1.807) is 6.07 Å². The summed E-state index contributed by atoms with van der Waals surface area (Å²) in [6.45, 7) is 0. The van der Waals surface area contributed by atoms with Crippen LogP contribution < -0.4 is 21.2 Å². The number of fused-ring (bicyclic) bond motifs is 5. The Morgan fingerprint density at radius 1 is 1.15 bits per heavy atom. The van der Waals surface area contributed by atoms with Gasteiger partial charge in [-0.05, 0) is 30.5 Å². The van der Waals surface area contributed by atoms with Crippen molar-refractivity contribution in [3.05, 3.63) is 63.1 Å². The van der Waals surface area contributed by atoms with Crippen LogP contribution >= 0.6 is 27.7 Å². The fraction of sp³-hybridized carbons (Fsp3) is 0.111. The number of hydrazone groups is 1. The Labute approximate surface area is 166 Å². The number of carbonyl (C=O) groups excluding carboxylic acids is 2. The highest BCUT2D eigenvalue weighted by Gasteiger charge is 2.56. The summed E-state index contributed by atoms with van der Waals surface area (Å²) in [7, 11) is 0. The van der Waals surface area contributed by atoms with E-state index in [4.69, 9.17) is 4.99 Å². The average molecular weight is 442 g/mol. The number of para-hydroxylation sites is 1. The quantitative estimate of drug-likeness (QED) is 0.639. The van der Waals surface area contributed by atoms with Gasteiger partial charge in [0.05, 0.1) is 5.36 Å². The highest BCUT2D eigenvalue weighted by Crippen LogP contribution is 2.45. The number of nitrogens with zero attached hydrogens (tertiary/aromatic N) is 3. The summed E-state index contributed by atoms with van der Waals surface area (Å²) in [6, 6.07) is 12.8. The molecule has 134 valence electrons. The Morgan fingerprint density at radius 2 is 1.96 bits per heavy atom. The van der Waals surface area contributed by atoms with Gasteiger partial charge in [0, 0.05) is 20.9 Å². The second-order valence-electron chi connectivity index (χ2n) is 6.17. The zero-order valence-electron chi connectivity index (χ0n) is 14.0. The molecule has 3 heterocycles. The molecule has 1 unspecified atom stereocenters. The predicted octanol–water partition coefficient (Wildman–Crippen LogP) is 1.06. The molecule has 7 nitrogen and oxygen atoms in total. The minimum absolute atomic E-state index is 0.307. The first-order valence-electron chi connectivity index (χ1n) is 8.09. The molecule has 5 rings (SSSR count). The van der Waals surface area contributed by atoms with Crippen molar-refractivity contribution in [1.29, 1.82) is 0 Å². The first-order chi connectivity index (χ1) is 13.0. The molecular formula is C18H12BrN5O2S. The van der Waals surface area contributed by atoms with E-state index in [0.29, 0.717) is 32.7 Å². The molecule has 1 spiro atoms. The lowest BCUT2D eigenvalue weighted by atomic mass is 9.97. The SMILES string of the molecule is CSC1=NN2C(=c3ccccc3=NC23C(=O)Nc2ccc(Br)cc23)C(=O)N1. The molecule has 2 N–H and O–H groups in total. The molecule has 0 bridgehead atoms. The monoisotopic (exact) mass is 441 g/mol. The molecule has 1 atom stereocenters. The number of nitrogens with one attached hydrogen (secondary N) is 2. The second-order valence-corrected chi connectivity index (χ2v) is 7.88. The number of hydrogen-bond donors (Lipinski definition) is 2. The van der Waals surface area contributed by atoms with Crippen molar-refractivity contribution in [2.45, 2.75) is 5.66 Å². The van der Waals surface area contributed by atoms with E-state index in [-0.39, 0.29) is 11.8 Å². The highest BCUT2D eigenvalue weighted by atomic mass is 79.9. The standard InChI is InChI=1S/C18H12BrN5O2S/c1-27-17-21-15(25)14-10-4-2-3-5-12(10)22-18(24(14)23-17)11-8-9(19)6-7-13(11)20-16(18)26/h2-8H,1H3,(H,20,26)(H,21,23,25). The van der Waals surface area contributed by atoms with E-state index >= 15 is 0 Å². The number of rotatable bonds is 0. The second kappa shape index (κ2) is 5.67. The van der Waals surface area contributed by atoms with Crippen LogP contribution in [0.25, 0.3) is 5.70 Å². The van der Waals surface area contributed by atoms with Gasteiger partial charge in [0.25, 0.3) is 17.5 Å². The minimum atomic E-state index is -1.47. The lowest BCUT2D eigenvalue weighted by Gasteiger charge is -2.39. The van der Waals surface area contributed by atoms with E-state index < -0.39 is 5.66 Å². The van der Waals surface area contributed by atoms with Crippen molar-refractivity contribution in [1.82, 2.24) is 10.3 Å². The summed E-state index contributed by atoms with van der Waals surface area (Å²) >= 11 is 4.76. The molecular weight excluding hydrogens is 430 g/mol. The number of thioether (sulfide) groups is 1. The minimum Gasteiger partial charge on any atom is -0.321 e. The molecule has 2 amide bonds.